The summed E-state index contributed by atoms with van der Waals surface area (Å²) >= 11 is 1.35. The molecule has 21 heavy (non-hydrogen) atoms. The number of anilines is 1. The van der Waals surface area contributed by atoms with Gasteiger partial charge in [-0.05, 0) is 19.8 Å². The molecule has 0 spiro atoms. The summed E-state index contributed by atoms with van der Waals surface area (Å²) in [5.41, 5.74) is -0.489. The molecule has 0 unspecified atom stereocenters. The molecule has 0 radical (unpaired) electrons. The maximum atomic E-state index is 11.5. The molecule has 0 aromatic carbocycles. The Hall–Kier alpha value is -1.63. The lowest BCUT2D eigenvalue weighted by molar-refractivity contribution is -0.142. The van der Waals surface area contributed by atoms with Gasteiger partial charge in [-0.25, -0.2) is 4.98 Å². The van der Waals surface area contributed by atoms with Gasteiger partial charge in [0.1, 0.15) is 5.41 Å². The minimum Gasteiger partial charge on any atom is -0.481 e. The number of rotatable bonds is 8. The molecule has 1 aromatic rings. The Kier molecular flexibility index (Phi) is 6.14. The maximum absolute atomic E-state index is 11.5. The van der Waals surface area contributed by atoms with Gasteiger partial charge in [-0.15, -0.1) is 11.3 Å². The van der Waals surface area contributed by atoms with Gasteiger partial charge in [0.05, 0.1) is 5.69 Å². The first-order valence-electron chi connectivity index (χ1n) is 6.93. The van der Waals surface area contributed by atoms with Crippen molar-refractivity contribution in [3.8, 4) is 0 Å². The molecule has 0 aliphatic rings. The molecule has 1 rings (SSSR count). The van der Waals surface area contributed by atoms with E-state index in [-0.39, 0.29) is 5.91 Å². The Balaban J connectivity index is 2.42. The number of carbonyl (C=O) groups excluding carboxylic acids is 1. The van der Waals surface area contributed by atoms with Crippen LogP contribution in [-0.4, -0.2) is 35.1 Å². The third-order valence-electron chi connectivity index (χ3n) is 3.01. The number of thiazole rings is 1. The molecule has 1 amide bonds. The molecule has 6 nitrogen and oxygen atoms in total. The summed E-state index contributed by atoms with van der Waals surface area (Å²) in [5, 5.41) is 17.4. The summed E-state index contributed by atoms with van der Waals surface area (Å²) in [6.07, 6.45) is 0.365. The molecule has 118 valence electrons. The third-order valence-corrected chi connectivity index (χ3v) is 3.81. The number of nitrogens with one attached hydrogen (secondary N) is 2. The summed E-state index contributed by atoms with van der Waals surface area (Å²) in [6, 6.07) is 0. The number of carboxylic acids is 1. The first kappa shape index (κ1) is 17.4. The molecular weight excluding hydrogens is 290 g/mol. The number of hydrogen-bond acceptors (Lipinski definition) is 5. The largest absolute Gasteiger partial charge is 0.481 e. The second kappa shape index (κ2) is 7.40. The summed E-state index contributed by atoms with van der Waals surface area (Å²) in [5.74, 6) is -0.479. The molecular formula is C14H23N3O3S. The minimum atomic E-state index is -1.01. The van der Waals surface area contributed by atoms with Crippen LogP contribution in [-0.2, 0) is 15.0 Å². The first-order chi connectivity index (χ1) is 9.73. The standard InChI is InChI=1S/C14H23N3O3S/c1-9(2)7-16-11(18)5-6-15-13-17-10(8-21-13)14(3,4)12(19)20/h8-9H,5-7H2,1-4H3,(H,15,17)(H,16,18)(H,19,20). The van der Waals surface area contributed by atoms with Crippen LogP contribution in [0.5, 0.6) is 0 Å². The van der Waals surface area contributed by atoms with E-state index in [0.29, 0.717) is 36.3 Å². The molecule has 0 saturated heterocycles. The van der Waals surface area contributed by atoms with Crippen molar-refractivity contribution in [1.29, 1.82) is 0 Å². The van der Waals surface area contributed by atoms with E-state index in [2.05, 4.69) is 15.6 Å². The highest BCUT2D eigenvalue weighted by Gasteiger charge is 2.32. The SMILES string of the molecule is CC(C)CNC(=O)CCNc1nc(C(C)(C)C(=O)O)cs1. The van der Waals surface area contributed by atoms with Crippen LogP contribution in [0.25, 0.3) is 0 Å². The van der Waals surface area contributed by atoms with Gasteiger partial charge in [0.15, 0.2) is 5.13 Å². The Morgan fingerprint density at radius 2 is 2.10 bits per heavy atom. The zero-order valence-corrected chi connectivity index (χ0v) is 13.7. The van der Waals surface area contributed by atoms with Crippen LogP contribution in [0, 0.1) is 5.92 Å². The quantitative estimate of drug-likeness (QED) is 0.683. The van der Waals surface area contributed by atoms with Crippen molar-refractivity contribution in [3.05, 3.63) is 11.1 Å². The van der Waals surface area contributed by atoms with Gasteiger partial charge >= 0.3 is 5.97 Å². The fourth-order valence-corrected chi connectivity index (χ4v) is 2.35. The molecule has 3 N–H and O–H groups in total. The van der Waals surface area contributed by atoms with Crippen LogP contribution in [0.2, 0.25) is 0 Å². The predicted octanol–water partition coefficient (Wildman–Crippen LogP) is 2.08. The summed E-state index contributed by atoms with van der Waals surface area (Å²) in [6.45, 7) is 8.47. The van der Waals surface area contributed by atoms with Gasteiger partial charge in [0.2, 0.25) is 5.91 Å². The van der Waals surface area contributed by atoms with Gasteiger partial charge in [-0.2, -0.15) is 0 Å². The van der Waals surface area contributed by atoms with Gasteiger partial charge in [0, 0.05) is 24.9 Å². The zero-order valence-electron chi connectivity index (χ0n) is 12.9. The highest BCUT2D eigenvalue weighted by molar-refractivity contribution is 7.13. The second-order valence-electron chi connectivity index (χ2n) is 5.84. The van der Waals surface area contributed by atoms with E-state index < -0.39 is 11.4 Å². The topological polar surface area (TPSA) is 91.3 Å². The summed E-state index contributed by atoms with van der Waals surface area (Å²) in [7, 11) is 0. The fraction of sp³-hybridized carbons (Fsp3) is 0.643. The Bertz CT molecular complexity index is 497. The smallest absolute Gasteiger partial charge is 0.315 e. The van der Waals surface area contributed by atoms with Crippen molar-refractivity contribution < 1.29 is 14.7 Å². The van der Waals surface area contributed by atoms with Gasteiger partial charge < -0.3 is 15.7 Å². The Labute approximate surface area is 129 Å². The lowest BCUT2D eigenvalue weighted by Gasteiger charge is -2.15. The zero-order chi connectivity index (χ0) is 16.0. The Morgan fingerprint density at radius 1 is 1.43 bits per heavy atom. The van der Waals surface area contributed by atoms with E-state index in [1.807, 2.05) is 13.8 Å². The lowest BCUT2D eigenvalue weighted by atomic mass is 9.90. The van der Waals surface area contributed by atoms with E-state index in [9.17, 15) is 9.59 Å². The van der Waals surface area contributed by atoms with Crippen molar-refractivity contribution >= 4 is 28.3 Å². The Morgan fingerprint density at radius 3 is 2.67 bits per heavy atom. The van der Waals surface area contributed by atoms with Gasteiger partial charge in [0.25, 0.3) is 0 Å². The van der Waals surface area contributed by atoms with Crippen molar-refractivity contribution in [3.63, 3.8) is 0 Å². The average Bonchev–Trinajstić information content (AvgIpc) is 2.85. The lowest BCUT2D eigenvalue weighted by Crippen LogP contribution is -2.29. The molecule has 7 heteroatoms. The highest BCUT2D eigenvalue weighted by atomic mass is 32.1. The number of carboxylic acid groups (broad SMARTS) is 1. The number of aromatic nitrogens is 1. The molecule has 1 heterocycles. The molecule has 0 saturated carbocycles. The van der Waals surface area contributed by atoms with Crippen LogP contribution >= 0.6 is 11.3 Å². The van der Waals surface area contributed by atoms with E-state index >= 15 is 0 Å². The van der Waals surface area contributed by atoms with Gasteiger partial charge in [-0.3, -0.25) is 9.59 Å². The second-order valence-corrected chi connectivity index (χ2v) is 6.70. The van der Waals surface area contributed by atoms with Gasteiger partial charge in [-0.1, -0.05) is 13.8 Å². The van der Waals surface area contributed by atoms with E-state index in [1.165, 1.54) is 11.3 Å². The van der Waals surface area contributed by atoms with Crippen molar-refractivity contribution in [2.75, 3.05) is 18.4 Å². The predicted molar refractivity (Wildman–Crippen MR) is 83.7 cm³/mol. The monoisotopic (exact) mass is 313 g/mol. The van der Waals surface area contributed by atoms with Crippen LogP contribution < -0.4 is 10.6 Å². The normalized spacial score (nSPS) is 11.5. The number of nitrogens with zero attached hydrogens (tertiary/aromatic N) is 1. The van der Waals surface area contributed by atoms with E-state index in [0.717, 1.165) is 0 Å². The number of aliphatic carboxylic acids is 1. The van der Waals surface area contributed by atoms with Crippen molar-refractivity contribution in [2.45, 2.75) is 39.5 Å². The molecule has 0 aliphatic heterocycles. The summed E-state index contributed by atoms with van der Waals surface area (Å²) in [4.78, 5) is 27.0. The van der Waals surface area contributed by atoms with Crippen LogP contribution in [0.1, 0.15) is 39.8 Å². The fourth-order valence-electron chi connectivity index (χ4n) is 1.44. The van der Waals surface area contributed by atoms with Crippen LogP contribution in [0.4, 0.5) is 5.13 Å². The number of carbonyl (C=O) groups is 2. The molecule has 1 aromatic heterocycles. The molecule has 0 fully saturated rings. The van der Waals surface area contributed by atoms with Crippen LogP contribution in [0.3, 0.4) is 0 Å². The summed E-state index contributed by atoms with van der Waals surface area (Å²) < 4.78 is 0. The van der Waals surface area contributed by atoms with E-state index in [4.69, 9.17) is 5.11 Å². The minimum absolute atomic E-state index is 0.00107. The van der Waals surface area contributed by atoms with Crippen LogP contribution in [0.15, 0.2) is 5.38 Å². The molecule has 0 aliphatic carbocycles. The van der Waals surface area contributed by atoms with Crippen molar-refractivity contribution in [1.82, 2.24) is 10.3 Å². The molecule has 0 bridgehead atoms. The highest BCUT2D eigenvalue weighted by Crippen LogP contribution is 2.27. The number of amides is 1. The number of hydrogen-bond donors (Lipinski definition) is 3. The maximum Gasteiger partial charge on any atom is 0.315 e. The average molecular weight is 313 g/mol. The first-order valence-corrected chi connectivity index (χ1v) is 7.81. The van der Waals surface area contributed by atoms with Crippen molar-refractivity contribution in [2.24, 2.45) is 5.92 Å². The third kappa shape index (κ3) is 5.34. The van der Waals surface area contributed by atoms with E-state index in [1.54, 1.807) is 19.2 Å². The molecule has 0 atom stereocenters.